The minimum atomic E-state index is -4.61. The number of hydrogen-bond donors (Lipinski definition) is 2. The number of oxime groups is 1. The van der Waals surface area contributed by atoms with E-state index >= 15 is 0 Å². The van der Waals surface area contributed by atoms with Gasteiger partial charge in [-0.25, -0.2) is 4.79 Å². The number of anilines is 1. The summed E-state index contributed by atoms with van der Waals surface area (Å²) in [5.41, 5.74) is 4.35. The minimum absolute atomic E-state index is 0.0372. The fraction of sp³-hybridized carbons (Fsp3) is 0.333. The number of halogens is 3. The summed E-state index contributed by atoms with van der Waals surface area (Å²) in [4.78, 5) is 18.0. The second kappa shape index (κ2) is 4.95. The first-order valence-corrected chi connectivity index (χ1v) is 4.66. The van der Waals surface area contributed by atoms with Gasteiger partial charge in [-0.1, -0.05) is 5.16 Å². The molecule has 1 rings (SSSR count). The third kappa shape index (κ3) is 4.22. The van der Waals surface area contributed by atoms with E-state index in [1.165, 1.54) is 0 Å². The van der Waals surface area contributed by atoms with E-state index in [0.29, 0.717) is 11.5 Å². The Bertz CT molecular complexity index is 444. The van der Waals surface area contributed by atoms with Gasteiger partial charge in [0.2, 0.25) is 18.1 Å². The van der Waals surface area contributed by atoms with Gasteiger partial charge >= 0.3 is 12.1 Å². The molecule has 0 radical (unpaired) electrons. The molecule has 0 aliphatic carbocycles. The van der Waals surface area contributed by atoms with Gasteiger partial charge in [-0.05, 0) is 0 Å². The Kier molecular flexibility index (Phi) is 3.83. The number of nitrogens with two attached hydrogens (primary N) is 1. The highest BCUT2D eigenvalue weighted by atomic mass is 32.1. The van der Waals surface area contributed by atoms with E-state index in [1.807, 2.05) is 0 Å². The number of nitrogen functional groups attached to an aromatic ring is 1. The smallest absolute Gasteiger partial charge is 0.425 e. The molecule has 1 aromatic heterocycles. The van der Waals surface area contributed by atoms with Crippen LogP contribution in [0.2, 0.25) is 0 Å². The molecular weight excluding hydrogens is 265 g/mol. The van der Waals surface area contributed by atoms with Crippen LogP contribution < -0.4 is 5.73 Å². The maximum atomic E-state index is 11.7. The van der Waals surface area contributed by atoms with Gasteiger partial charge in [-0.15, -0.1) is 0 Å². The number of aromatic nitrogens is 2. The van der Waals surface area contributed by atoms with Gasteiger partial charge in [0.1, 0.15) is 0 Å². The molecule has 0 aliphatic heterocycles. The first-order valence-electron chi connectivity index (χ1n) is 3.89. The van der Waals surface area contributed by atoms with Crippen LogP contribution in [0.25, 0.3) is 0 Å². The maximum absolute atomic E-state index is 11.7. The van der Waals surface area contributed by atoms with Crippen molar-refractivity contribution >= 4 is 28.3 Å². The van der Waals surface area contributed by atoms with E-state index in [0.717, 1.165) is 0 Å². The molecule has 0 saturated heterocycles. The van der Waals surface area contributed by atoms with Crippen LogP contribution in [-0.4, -0.2) is 38.9 Å². The quantitative estimate of drug-likeness (QED) is 0.608. The van der Waals surface area contributed by atoms with Crippen LogP contribution in [0.4, 0.5) is 18.3 Å². The summed E-state index contributed by atoms with van der Waals surface area (Å²) < 4.78 is 38.7. The second-order valence-corrected chi connectivity index (χ2v) is 3.37. The van der Waals surface area contributed by atoms with E-state index in [-0.39, 0.29) is 5.13 Å². The van der Waals surface area contributed by atoms with Gasteiger partial charge < -0.3 is 15.7 Å². The van der Waals surface area contributed by atoms with Gasteiger partial charge in [0.05, 0.1) is 0 Å². The number of rotatable bonds is 4. The monoisotopic (exact) mass is 270 g/mol. The zero-order valence-corrected chi connectivity index (χ0v) is 8.75. The molecule has 0 unspecified atom stereocenters. The molecule has 0 atom stereocenters. The van der Waals surface area contributed by atoms with E-state index < -0.39 is 30.3 Å². The van der Waals surface area contributed by atoms with Crippen molar-refractivity contribution in [3.63, 3.8) is 0 Å². The van der Waals surface area contributed by atoms with Crippen LogP contribution >= 0.6 is 11.5 Å². The summed E-state index contributed by atoms with van der Waals surface area (Å²) in [6, 6.07) is 0. The van der Waals surface area contributed by atoms with Crippen molar-refractivity contribution < 1.29 is 27.9 Å². The third-order valence-electron chi connectivity index (χ3n) is 1.24. The molecule has 1 heterocycles. The predicted octanol–water partition coefficient (Wildman–Crippen LogP) is 0.488. The largest absolute Gasteiger partial charge is 0.476 e. The molecule has 17 heavy (non-hydrogen) atoms. The molecule has 0 fully saturated rings. The number of hydrogen-bond acceptors (Lipinski definition) is 7. The topological polar surface area (TPSA) is 111 Å². The third-order valence-corrected chi connectivity index (χ3v) is 1.78. The summed E-state index contributed by atoms with van der Waals surface area (Å²) in [5, 5.41) is 11.4. The number of carbonyl (C=O) groups is 1. The zero-order chi connectivity index (χ0) is 13.1. The van der Waals surface area contributed by atoms with Crippen LogP contribution in [0.5, 0.6) is 0 Å². The molecule has 0 aliphatic rings. The highest BCUT2D eigenvalue weighted by Gasteiger charge is 2.29. The summed E-state index contributed by atoms with van der Waals surface area (Å²) in [5.74, 6) is -2.02. The normalized spacial score (nSPS) is 12.5. The van der Waals surface area contributed by atoms with Crippen molar-refractivity contribution in [1.82, 2.24) is 9.36 Å². The molecule has 7 nitrogen and oxygen atoms in total. The summed E-state index contributed by atoms with van der Waals surface area (Å²) in [6.07, 6.45) is -4.61. The Hall–Kier alpha value is -1.91. The number of aliphatic carboxylic acids is 1. The standard InChI is InChI=1S/C6H5F3N4O3S/c7-6(8,9)1-16-12-2(4(14)15)3-11-5(10)17-13-3/h1H2,(H,14,15)(H2,10,11,13). The number of carboxylic acid groups (broad SMARTS) is 1. The molecule has 11 heteroatoms. The van der Waals surface area contributed by atoms with Crippen molar-refractivity contribution in [2.75, 3.05) is 12.3 Å². The molecule has 1 aromatic rings. The average molecular weight is 270 g/mol. The lowest BCUT2D eigenvalue weighted by Gasteiger charge is -2.03. The maximum Gasteiger partial charge on any atom is 0.425 e. The Morgan fingerprint density at radius 1 is 1.59 bits per heavy atom. The van der Waals surface area contributed by atoms with Gasteiger partial charge in [-0.3, -0.25) is 0 Å². The van der Waals surface area contributed by atoms with Gasteiger partial charge in [0.25, 0.3) is 0 Å². The van der Waals surface area contributed by atoms with Gasteiger partial charge in [0, 0.05) is 11.5 Å². The predicted molar refractivity (Wildman–Crippen MR) is 50.5 cm³/mol. The van der Waals surface area contributed by atoms with E-state index in [1.54, 1.807) is 0 Å². The van der Waals surface area contributed by atoms with E-state index in [9.17, 15) is 18.0 Å². The lowest BCUT2D eigenvalue weighted by molar-refractivity contribution is -0.174. The first kappa shape index (κ1) is 13.2. The summed E-state index contributed by atoms with van der Waals surface area (Å²) in [6.45, 7) is -1.70. The Balaban J connectivity index is 2.80. The Labute approximate surface area is 95.9 Å². The molecular formula is C6H5F3N4O3S. The summed E-state index contributed by atoms with van der Waals surface area (Å²) in [7, 11) is 0. The zero-order valence-electron chi connectivity index (χ0n) is 7.93. The van der Waals surface area contributed by atoms with Crippen molar-refractivity contribution in [3.05, 3.63) is 5.82 Å². The summed E-state index contributed by atoms with van der Waals surface area (Å²) >= 11 is 0.684. The van der Waals surface area contributed by atoms with Crippen molar-refractivity contribution in [1.29, 1.82) is 0 Å². The van der Waals surface area contributed by atoms with Crippen molar-refractivity contribution in [3.8, 4) is 0 Å². The highest BCUT2D eigenvalue weighted by Crippen LogP contribution is 2.15. The average Bonchev–Trinajstić information content (AvgIpc) is 2.57. The van der Waals surface area contributed by atoms with E-state index in [4.69, 9.17) is 10.8 Å². The molecule has 0 bridgehead atoms. The number of nitrogens with zero attached hydrogens (tertiary/aromatic N) is 3. The lowest BCUT2D eigenvalue weighted by Crippen LogP contribution is -2.20. The van der Waals surface area contributed by atoms with E-state index in [2.05, 4.69) is 19.4 Å². The van der Waals surface area contributed by atoms with Crippen LogP contribution in [0, 0.1) is 0 Å². The van der Waals surface area contributed by atoms with Crippen LogP contribution in [-0.2, 0) is 9.63 Å². The Morgan fingerprint density at radius 3 is 2.65 bits per heavy atom. The fourth-order valence-electron chi connectivity index (χ4n) is 0.677. The SMILES string of the molecule is Nc1nc(C(=NOCC(F)(F)F)C(=O)O)ns1. The fourth-order valence-corrected chi connectivity index (χ4v) is 1.11. The van der Waals surface area contributed by atoms with Crippen LogP contribution in [0.1, 0.15) is 5.82 Å². The van der Waals surface area contributed by atoms with Crippen LogP contribution in [0.15, 0.2) is 5.16 Å². The van der Waals surface area contributed by atoms with Crippen molar-refractivity contribution in [2.45, 2.75) is 6.18 Å². The molecule has 3 N–H and O–H groups in total. The minimum Gasteiger partial charge on any atom is -0.476 e. The Morgan fingerprint density at radius 2 is 2.24 bits per heavy atom. The van der Waals surface area contributed by atoms with Gasteiger partial charge in [0.15, 0.2) is 5.13 Å². The molecule has 0 amide bonds. The highest BCUT2D eigenvalue weighted by molar-refractivity contribution is 7.09. The molecule has 94 valence electrons. The second-order valence-electron chi connectivity index (χ2n) is 2.59. The number of alkyl halides is 3. The molecule has 0 saturated carbocycles. The van der Waals surface area contributed by atoms with Crippen molar-refractivity contribution in [2.24, 2.45) is 5.16 Å². The first-order chi connectivity index (χ1) is 7.79. The molecule has 0 aromatic carbocycles. The number of carboxylic acids is 1. The lowest BCUT2D eigenvalue weighted by atomic mass is 10.4. The van der Waals surface area contributed by atoms with Gasteiger partial charge in [-0.2, -0.15) is 22.5 Å². The van der Waals surface area contributed by atoms with Crippen LogP contribution in [0.3, 0.4) is 0 Å². The molecule has 0 spiro atoms.